The van der Waals surface area contributed by atoms with E-state index in [2.05, 4.69) is 9.97 Å². The van der Waals surface area contributed by atoms with E-state index in [-0.39, 0.29) is 0 Å². The van der Waals surface area contributed by atoms with Gasteiger partial charge in [-0.15, -0.1) is 0 Å². The quantitative estimate of drug-likeness (QED) is 0.850. The first-order chi connectivity index (χ1) is 7.65. The Morgan fingerprint density at radius 3 is 2.50 bits per heavy atom. The second kappa shape index (κ2) is 4.91. The summed E-state index contributed by atoms with van der Waals surface area (Å²) in [7, 11) is 0. The highest BCUT2D eigenvalue weighted by molar-refractivity contribution is 7.99. The lowest BCUT2D eigenvalue weighted by Crippen LogP contribution is -1.90. The van der Waals surface area contributed by atoms with Crippen molar-refractivity contribution in [3.05, 3.63) is 40.6 Å². The van der Waals surface area contributed by atoms with Crippen molar-refractivity contribution in [1.29, 1.82) is 0 Å². The molecular formula is C10H7Cl2N3S. The molecule has 0 aliphatic carbocycles. The summed E-state index contributed by atoms with van der Waals surface area (Å²) in [5, 5.41) is 1.83. The van der Waals surface area contributed by atoms with E-state index in [0.29, 0.717) is 20.9 Å². The van der Waals surface area contributed by atoms with E-state index in [1.54, 1.807) is 30.6 Å². The molecule has 0 aliphatic rings. The second-order valence-electron chi connectivity index (χ2n) is 2.98. The van der Waals surface area contributed by atoms with Crippen molar-refractivity contribution in [2.75, 3.05) is 5.73 Å². The Balaban J connectivity index is 2.26. The summed E-state index contributed by atoms with van der Waals surface area (Å²) in [6.45, 7) is 0. The number of nitrogens with two attached hydrogens (primary N) is 1. The summed E-state index contributed by atoms with van der Waals surface area (Å²) in [6, 6.07) is 5.25. The second-order valence-corrected chi connectivity index (χ2v) is 4.83. The van der Waals surface area contributed by atoms with E-state index in [1.165, 1.54) is 11.8 Å². The Morgan fingerprint density at radius 1 is 1.12 bits per heavy atom. The van der Waals surface area contributed by atoms with Gasteiger partial charge in [0.15, 0.2) is 5.16 Å². The molecule has 1 heterocycles. The van der Waals surface area contributed by atoms with E-state index in [9.17, 15) is 0 Å². The molecule has 6 heteroatoms. The van der Waals surface area contributed by atoms with E-state index in [4.69, 9.17) is 28.9 Å². The van der Waals surface area contributed by atoms with Gasteiger partial charge in [-0.3, -0.25) is 0 Å². The Labute approximate surface area is 107 Å². The fourth-order valence-corrected chi connectivity index (χ4v) is 2.26. The molecule has 0 saturated carbocycles. The van der Waals surface area contributed by atoms with Crippen LogP contribution < -0.4 is 5.73 Å². The van der Waals surface area contributed by atoms with Crippen molar-refractivity contribution >= 4 is 40.7 Å². The number of rotatable bonds is 2. The average Bonchev–Trinajstić information content (AvgIpc) is 2.27. The van der Waals surface area contributed by atoms with Crippen LogP contribution in [0.3, 0.4) is 0 Å². The smallest absolute Gasteiger partial charge is 0.192 e. The minimum Gasteiger partial charge on any atom is -0.396 e. The van der Waals surface area contributed by atoms with Crippen LogP contribution in [0.25, 0.3) is 0 Å². The van der Waals surface area contributed by atoms with Gasteiger partial charge in [0.1, 0.15) is 0 Å². The molecule has 0 bridgehead atoms. The number of aromatic nitrogens is 2. The summed E-state index contributed by atoms with van der Waals surface area (Å²) in [4.78, 5) is 8.96. The van der Waals surface area contributed by atoms with Crippen LogP contribution in [0.15, 0.2) is 40.6 Å². The standard InChI is InChI=1S/C10H7Cl2N3S/c11-6-1-2-8(12)9(3-6)16-10-14-4-7(13)5-15-10/h1-5H,13H2. The van der Waals surface area contributed by atoms with Gasteiger partial charge in [-0.1, -0.05) is 23.2 Å². The molecule has 3 nitrogen and oxygen atoms in total. The van der Waals surface area contributed by atoms with Gasteiger partial charge in [0.2, 0.25) is 0 Å². The number of hydrogen-bond donors (Lipinski definition) is 1. The third kappa shape index (κ3) is 2.78. The third-order valence-electron chi connectivity index (χ3n) is 1.74. The van der Waals surface area contributed by atoms with E-state index in [0.717, 1.165) is 4.90 Å². The zero-order valence-corrected chi connectivity index (χ0v) is 10.4. The van der Waals surface area contributed by atoms with Crippen LogP contribution in [-0.2, 0) is 0 Å². The number of benzene rings is 1. The first-order valence-electron chi connectivity index (χ1n) is 4.35. The van der Waals surface area contributed by atoms with Crippen molar-refractivity contribution in [2.45, 2.75) is 10.1 Å². The summed E-state index contributed by atoms with van der Waals surface area (Å²) < 4.78 is 0. The fourth-order valence-electron chi connectivity index (χ4n) is 1.03. The molecular weight excluding hydrogens is 265 g/mol. The highest BCUT2D eigenvalue weighted by Crippen LogP contribution is 2.33. The summed E-state index contributed by atoms with van der Waals surface area (Å²) in [5.41, 5.74) is 6.02. The van der Waals surface area contributed by atoms with E-state index < -0.39 is 0 Å². The van der Waals surface area contributed by atoms with Gasteiger partial charge in [0.05, 0.1) is 23.1 Å². The van der Waals surface area contributed by atoms with Crippen molar-refractivity contribution in [2.24, 2.45) is 0 Å². The van der Waals surface area contributed by atoms with Gasteiger partial charge in [-0.05, 0) is 30.0 Å². The largest absolute Gasteiger partial charge is 0.396 e. The van der Waals surface area contributed by atoms with Crippen molar-refractivity contribution < 1.29 is 0 Å². The molecule has 2 N–H and O–H groups in total. The Bertz CT molecular complexity index is 502. The molecule has 0 saturated heterocycles. The lowest BCUT2D eigenvalue weighted by atomic mass is 10.4. The topological polar surface area (TPSA) is 51.8 Å². The van der Waals surface area contributed by atoms with Gasteiger partial charge in [0, 0.05) is 9.92 Å². The molecule has 0 amide bonds. The lowest BCUT2D eigenvalue weighted by molar-refractivity contribution is 0.971. The zero-order valence-electron chi connectivity index (χ0n) is 8.02. The molecule has 0 radical (unpaired) electrons. The van der Waals surface area contributed by atoms with Gasteiger partial charge in [-0.2, -0.15) is 0 Å². The van der Waals surface area contributed by atoms with Gasteiger partial charge in [-0.25, -0.2) is 9.97 Å². The molecule has 2 rings (SSSR count). The average molecular weight is 272 g/mol. The van der Waals surface area contributed by atoms with Crippen LogP contribution in [0.4, 0.5) is 5.69 Å². The highest BCUT2D eigenvalue weighted by Gasteiger charge is 2.05. The molecule has 1 aromatic heterocycles. The molecule has 0 spiro atoms. The Hall–Kier alpha value is -0.970. The SMILES string of the molecule is Nc1cnc(Sc2cc(Cl)ccc2Cl)nc1. The van der Waals surface area contributed by atoms with Gasteiger partial charge in [0.25, 0.3) is 0 Å². The molecule has 82 valence electrons. The van der Waals surface area contributed by atoms with Crippen LogP contribution >= 0.6 is 35.0 Å². The minimum absolute atomic E-state index is 0.529. The van der Waals surface area contributed by atoms with Gasteiger partial charge >= 0.3 is 0 Å². The van der Waals surface area contributed by atoms with Crippen molar-refractivity contribution in [3.8, 4) is 0 Å². The van der Waals surface area contributed by atoms with Crippen LogP contribution in [0.1, 0.15) is 0 Å². The molecule has 1 aromatic carbocycles. The van der Waals surface area contributed by atoms with Crippen LogP contribution in [0, 0.1) is 0 Å². The number of nitrogens with zero attached hydrogens (tertiary/aromatic N) is 2. The van der Waals surface area contributed by atoms with Crippen molar-refractivity contribution in [1.82, 2.24) is 9.97 Å². The van der Waals surface area contributed by atoms with Crippen LogP contribution in [0.5, 0.6) is 0 Å². The molecule has 0 unspecified atom stereocenters. The lowest BCUT2D eigenvalue weighted by Gasteiger charge is -2.03. The monoisotopic (exact) mass is 271 g/mol. The number of hydrogen-bond acceptors (Lipinski definition) is 4. The predicted molar refractivity (Wildman–Crippen MR) is 67.0 cm³/mol. The maximum Gasteiger partial charge on any atom is 0.192 e. The number of nitrogen functional groups attached to an aromatic ring is 1. The highest BCUT2D eigenvalue weighted by atomic mass is 35.5. The Morgan fingerprint density at radius 2 is 1.81 bits per heavy atom. The molecule has 0 aliphatic heterocycles. The van der Waals surface area contributed by atoms with E-state index in [1.807, 2.05) is 0 Å². The zero-order chi connectivity index (χ0) is 11.5. The van der Waals surface area contributed by atoms with Crippen molar-refractivity contribution in [3.63, 3.8) is 0 Å². The van der Waals surface area contributed by atoms with E-state index >= 15 is 0 Å². The molecule has 0 fully saturated rings. The first kappa shape index (κ1) is 11.5. The third-order valence-corrected chi connectivity index (χ3v) is 3.37. The molecule has 16 heavy (non-hydrogen) atoms. The number of anilines is 1. The maximum atomic E-state index is 6.02. The minimum atomic E-state index is 0.529. The predicted octanol–water partition coefficient (Wildman–Crippen LogP) is 3.52. The van der Waals surface area contributed by atoms with Gasteiger partial charge < -0.3 is 5.73 Å². The first-order valence-corrected chi connectivity index (χ1v) is 5.93. The van der Waals surface area contributed by atoms with Crippen LogP contribution in [0.2, 0.25) is 10.0 Å². The normalized spacial score (nSPS) is 10.4. The summed E-state index contributed by atoms with van der Waals surface area (Å²) in [5.74, 6) is 0. The summed E-state index contributed by atoms with van der Waals surface area (Å²) in [6.07, 6.45) is 3.10. The summed E-state index contributed by atoms with van der Waals surface area (Å²) >= 11 is 13.2. The number of halogens is 2. The Kier molecular flexibility index (Phi) is 3.53. The molecule has 2 aromatic rings. The van der Waals surface area contributed by atoms with Crippen LogP contribution in [-0.4, -0.2) is 9.97 Å². The molecule has 0 atom stereocenters. The fraction of sp³-hybridized carbons (Fsp3) is 0. The maximum absolute atomic E-state index is 6.02.